The van der Waals surface area contributed by atoms with Crippen LogP contribution in [-0.4, -0.2) is 83.0 Å². The van der Waals surface area contributed by atoms with Crippen molar-refractivity contribution in [3.05, 3.63) is 75.6 Å². The first-order valence-corrected chi connectivity index (χ1v) is 13.8. The van der Waals surface area contributed by atoms with E-state index >= 15 is 0 Å². The average Bonchev–Trinajstić information content (AvgIpc) is 3.70. The van der Waals surface area contributed by atoms with Crippen molar-refractivity contribution in [1.82, 2.24) is 41.5 Å². The van der Waals surface area contributed by atoms with Gasteiger partial charge < -0.3 is 20.9 Å². The molecule has 12 heteroatoms. The van der Waals surface area contributed by atoms with E-state index in [-0.39, 0.29) is 30.3 Å². The first kappa shape index (κ1) is 27.9. The van der Waals surface area contributed by atoms with Gasteiger partial charge in [-0.2, -0.15) is 5.26 Å². The summed E-state index contributed by atoms with van der Waals surface area (Å²) in [7, 11) is 3.20. The van der Waals surface area contributed by atoms with E-state index in [1.807, 2.05) is 24.3 Å². The highest BCUT2D eigenvalue weighted by molar-refractivity contribution is 5.95. The van der Waals surface area contributed by atoms with Crippen molar-refractivity contribution >= 4 is 17.7 Å². The standard InChI is InChI=1S/C29H33N9O3/c1-31-26(40)20-7-9-23-18(14-20)5-6-19-15-21(27(41)32-2)8-10-24(19)29(23,28-34-36-37-35-28)11-12-33-17-25(39)38-13-3-4-22(38)16-30/h7-10,14-15,22,33H,3-6,11-13,17H2,1-2H3,(H,31,40)(H,32,41)(H,34,35,36,37)/t22-/m0/s1. The molecule has 2 aliphatic rings. The van der Waals surface area contributed by atoms with Crippen molar-refractivity contribution < 1.29 is 14.4 Å². The Bertz CT molecular complexity index is 1430. The van der Waals surface area contributed by atoms with Crippen LogP contribution in [0.3, 0.4) is 0 Å². The number of aryl methyl sites for hydroxylation is 2. The van der Waals surface area contributed by atoms with E-state index < -0.39 is 5.41 Å². The van der Waals surface area contributed by atoms with Gasteiger partial charge in [0.25, 0.3) is 11.8 Å². The van der Waals surface area contributed by atoms with E-state index in [0.717, 1.165) is 28.7 Å². The zero-order valence-corrected chi connectivity index (χ0v) is 23.2. The van der Waals surface area contributed by atoms with Crippen molar-refractivity contribution in [1.29, 1.82) is 5.26 Å². The Labute approximate surface area is 237 Å². The monoisotopic (exact) mass is 555 g/mol. The summed E-state index contributed by atoms with van der Waals surface area (Å²) in [6.07, 6.45) is 3.30. The Balaban J connectivity index is 1.55. The number of hydrogen-bond acceptors (Lipinski definition) is 8. The Morgan fingerprint density at radius 2 is 1.68 bits per heavy atom. The lowest BCUT2D eigenvalue weighted by molar-refractivity contribution is -0.130. The van der Waals surface area contributed by atoms with Crippen LogP contribution in [0.15, 0.2) is 36.4 Å². The molecule has 1 aliphatic heterocycles. The molecule has 3 aromatic rings. The Hall–Kier alpha value is -4.63. The highest BCUT2D eigenvalue weighted by atomic mass is 16.2. The van der Waals surface area contributed by atoms with E-state index in [0.29, 0.717) is 55.7 Å². The van der Waals surface area contributed by atoms with Crippen molar-refractivity contribution in [2.75, 3.05) is 33.7 Å². The summed E-state index contributed by atoms with van der Waals surface area (Å²) in [4.78, 5) is 39.6. The van der Waals surface area contributed by atoms with Crippen LogP contribution >= 0.6 is 0 Å². The fraction of sp³-hybridized carbons (Fsp3) is 0.414. The van der Waals surface area contributed by atoms with Crippen molar-refractivity contribution in [2.24, 2.45) is 0 Å². The van der Waals surface area contributed by atoms with Crippen LogP contribution in [0, 0.1) is 11.3 Å². The number of nitriles is 1. The lowest BCUT2D eigenvalue weighted by Crippen LogP contribution is -2.42. The molecule has 1 atom stereocenters. The largest absolute Gasteiger partial charge is 0.355 e. The maximum Gasteiger partial charge on any atom is 0.251 e. The second-order valence-electron chi connectivity index (χ2n) is 10.4. The predicted octanol–water partition coefficient (Wildman–Crippen LogP) is 0.846. The summed E-state index contributed by atoms with van der Waals surface area (Å²) in [5.74, 6) is 0.0679. The van der Waals surface area contributed by atoms with Gasteiger partial charge in [0.1, 0.15) is 6.04 Å². The summed E-state index contributed by atoms with van der Waals surface area (Å²) in [6, 6.07) is 13.2. The van der Waals surface area contributed by atoms with Gasteiger partial charge in [-0.3, -0.25) is 14.4 Å². The maximum absolute atomic E-state index is 12.9. The number of aromatic amines is 1. The number of aromatic nitrogens is 4. The van der Waals surface area contributed by atoms with Crippen LogP contribution < -0.4 is 16.0 Å². The summed E-state index contributed by atoms with van der Waals surface area (Å²) < 4.78 is 0. The molecule has 0 saturated carbocycles. The van der Waals surface area contributed by atoms with Crippen molar-refractivity contribution in [2.45, 2.75) is 43.6 Å². The van der Waals surface area contributed by atoms with E-state index in [9.17, 15) is 19.6 Å². The van der Waals surface area contributed by atoms with Crippen molar-refractivity contribution in [3.63, 3.8) is 0 Å². The highest BCUT2D eigenvalue weighted by Crippen LogP contribution is 2.46. The number of amides is 3. The molecule has 1 saturated heterocycles. The highest BCUT2D eigenvalue weighted by Gasteiger charge is 2.44. The molecule has 2 heterocycles. The molecule has 41 heavy (non-hydrogen) atoms. The van der Waals surface area contributed by atoms with Gasteiger partial charge in [-0.25, -0.2) is 5.10 Å². The van der Waals surface area contributed by atoms with Crippen LogP contribution in [-0.2, 0) is 23.1 Å². The minimum Gasteiger partial charge on any atom is -0.355 e. The summed E-state index contributed by atoms with van der Waals surface area (Å²) in [5.41, 5.74) is 4.10. The molecule has 0 bridgehead atoms. The summed E-state index contributed by atoms with van der Waals surface area (Å²) in [6.45, 7) is 1.13. The summed E-state index contributed by atoms with van der Waals surface area (Å²) >= 11 is 0. The second kappa shape index (κ2) is 11.9. The van der Waals surface area contributed by atoms with Crippen LogP contribution in [0.4, 0.5) is 0 Å². The van der Waals surface area contributed by atoms with Gasteiger partial charge in [-0.15, -0.1) is 5.10 Å². The Kier molecular flexibility index (Phi) is 8.07. The normalized spacial score (nSPS) is 17.1. The van der Waals surface area contributed by atoms with Gasteiger partial charge in [0.2, 0.25) is 5.91 Å². The number of rotatable bonds is 8. The fourth-order valence-electron chi connectivity index (χ4n) is 6.17. The molecule has 212 valence electrons. The third-order valence-electron chi connectivity index (χ3n) is 8.20. The molecule has 4 N–H and O–H groups in total. The minimum absolute atomic E-state index is 0.100. The number of carbonyl (C=O) groups is 3. The first-order valence-electron chi connectivity index (χ1n) is 13.8. The SMILES string of the molecule is CNC(=O)c1ccc2c(c1)CCc1cc(C(=O)NC)ccc1C2(CCNCC(=O)N1CCC[C@H]1C#N)c1nnn[nH]1. The molecule has 12 nitrogen and oxygen atoms in total. The molecule has 2 aromatic carbocycles. The topological polar surface area (TPSA) is 169 Å². The third kappa shape index (κ3) is 5.16. The van der Waals surface area contributed by atoms with Gasteiger partial charge in [0, 0.05) is 31.8 Å². The Morgan fingerprint density at radius 3 is 2.22 bits per heavy atom. The second-order valence-corrected chi connectivity index (χ2v) is 10.4. The molecule has 3 amide bonds. The number of likely N-dealkylation sites (tertiary alicyclic amines) is 1. The lowest BCUT2D eigenvalue weighted by atomic mass is 9.69. The van der Waals surface area contributed by atoms with Gasteiger partial charge >= 0.3 is 0 Å². The number of fused-ring (bicyclic) bond motifs is 2. The van der Waals surface area contributed by atoms with Crippen LogP contribution in [0.2, 0.25) is 0 Å². The third-order valence-corrected chi connectivity index (χ3v) is 8.20. The van der Waals surface area contributed by atoms with Crippen LogP contribution in [0.25, 0.3) is 0 Å². The van der Waals surface area contributed by atoms with Gasteiger partial charge in [0.05, 0.1) is 18.0 Å². The number of nitrogens with one attached hydrogen (secondary N) is 4. The molecular weight excluding hydrogens is 522 g/mol. The first-order chi connectivity index (χ1) is 19.9. The number of hydrogen-bond donors (Lipinski definition) is 4. The zero-order valence-electron chi connectivity index (χ0n) is 23.2. The van der Waals surface area contributed by atoms with Crippen molar-refractivity contribution in [3.8, 4) is 6.07 Å². The molecule has 5 rings (SSSR count). The lowest BCUT2D eigenvalue weighted by Gasteiger charge is -2.34. The fourth-order valence-corrected chi connectivity index (χ4v) is 6.17. The minimum atomic E-state index is -0.855. The molecular formula is C29H33N9O3. The number of carbonyl (C=O) groups excluding carboxylic acids is 3. The molecule has 0 unspecified atom stereocenters. The Morgan fingerprint density at radius 1 is 1.05 bits per heavy atom. The van der Waals surface area contributed by atoms with Crippen LogP contribution in [0.1, 0.15) is 68.1 Å². The molecule has 1 aromatic heterocycles. The number of tetrazole rings is 1. The number of H-pyrrole nitrogens is 1. The van der Waals surface area contributed by atoms with E-state index in [2.05, 4.69) is 42.6 Å². The van der Waals surface area contributed by atoms with E-state index in [4.69, 9.17) is 0 Å². The predicted molar refractivity (Wildman–Crippen MR) is 149 cm³/mol. The molecule has 0 radical (unpaired) electrons. The summed E-state index contributed by atoms with van der Waals surface area (Å²) in [5, 5.41) is 33.2. The van der Waals surface area contributed by atoms with Crippen LogP contribution in [0.5, 0.6) is 0 Å². The number of benzene rings is 2. The van der Waals surface area contributed by atoms with Gasteiger partial charge in [-0.05, 0) is 95.6 Å². The van der Waals surface area contributed by atoms with E-state index in [1.165, 1.54) is 0 Å². The van der Waals surface area contributed by atoms with Gasteiger partial charge in [0.15, 0.2) is 5.82 Å². The van der Waals surface area contributed by atoms with Gasteiger partial charge in [-0.1, -0.05) is 12.1 Å². The molecule has 0 spiro atoms. The maximum atomic E-state index is 12.9. The molecule has 1 fully saturated rings. The smallest absolute Gasteiger partial charge is 0.251 e. The number of nitrogens with zero attached hydrogens (tertiary/aromatic N) is 5. The zero-order chi connectivity index (χ0) is 29.0. The average molecular weight is 556 g/mol. The quantitative estimate of drug-likeness (QED) is 0.297. The van der Waals surface area contributed by atoms with E-state index in [1.54, 1.807) is 31.1 Å². The molecule has 1 aliphatic carbocycles.